The highest BCUT2D eigenvalue weighted by atomic mass is 79.9. The van der Waals surface area contributed by atoms with Crippen LogP contribution in [-0.2, 0) is 0 Å². The molecule has 2 aromatic rings. The molecule has 1 atom stereocenters. The Bertz CT molecular complexity index is 665. The Balaban J connectivity index is 1.88. The predicted octanol–water partition coefficient (Wildman–Crippen LogP) is 2.12. The second kappa shape index (κ2) is 5.61. The minimum Gasteiger partial charge on any atom is -0.337 e. The molecule has 0 aliphatic carbocycles. The van der Waals surface area contributed by atoms with Gasteiger partial charge in [-0.3, -0.25) is 4.79 Å². The lowest BCUT2D eigenvalue weighted by atomic mass is 10.2. The number of nitrogens with two attached hydrogens (primary N) is 1. The number of carbonyl (C=O) groups is 1. The zero-order valence-corrected chi connectivity index (χ0v) is 13.4. The number of rotatable bonds is 2. The summed E-state index contributed by atoms with van der Waals surface area (Å²) in [5, 5.41) is 4.35. The van der Waals surface area contributed by atoms with Crippen molar-refractivity contribution in [3.8, 4) is 5.69 Å². The van der Waals surface area contributed by atoms with Crippen molar-refractivity contribution >= 4 is 21.8 Å². The van der Waals surface area contributed by atoms with Crippen LogP contribution in [-0.4, -0.2) is 39.7 Å². The Morgan fingerprint density at radius 2 is 2.10 bits per heavy atom. The van der Waals surface area contributed by atoms with Crippen molar-refractivity contribution in [2.75, 3.05) is 13.1 Å². The standard InChI is InChI=1S/C15H17BrN4O/c1-10-14(15(21)19-7-6-12(17)9-19)8-18-20(10)13-4-2-11(16)3-5-13/h2-5,8,12H,6-7,9,17H2,1H3/t12-/m0/s1. The van der Waals surface area contributed by atoms with Crippen molar-refractivity contribution in [3.63, 3.8) is 0 Å². The summed E-state index contributed by atoms with van der Waals surface area (Å²) in [5.41, 5.74) is 8.30. The maximum atomic E-state index is 12.5. The molecule has 3 rings (SSSR count). The summed E-state index contributed by atoms with van der Waals surface area (Å²) in [5.74, 6) is 0.0174. The number of likely N-dealkylation sites (tertiary alicyclic amines) is 1. The first-order valence-corrected chi connectivity index (χ1v) is 7.71. The van der Waals surface area contributed by atoms with Crippen LogP contribution in [0.25, 0.3) is 5.69 Å². The average molecular weight is 349 g/mol. The maximum Gasteiger partial charge on any atom is 0.257 e. The van der Waals surface area contributed by atoms with Gasteiger partial charge < -0.3 is 10.6 Å². The van der Waals surface area contributed by atoms with E-state index in [4.69, 9.17) is 5.73 Å². The lowest BCUT2D eigenvalue weighted by Crippen LogP contribution is -2.32. The molecule has 0 radical (unpaired) electrons. The summed E-state index contributed by atoms with van der Waals surface area (Å²) in [7, 11) is 0. The molecule has 1 aromatic heterocycles. The summed E-state index contributed by atoms with van der Waals surface area (Å²) < 4.78 is 2.80. The van der Waals surface area contributed by atoms with E-state index in [-0.39, 0.29) is 11.9 Å². The summed E-state index contributed by atoms with van der Waals surface area (Å²) in [6.45, 7) is 3.27. The number of amides is 1. The van der Waals surface area contributed by atoms with Crippen molar-refractivity contribution in [3.05, 3.63) is 46.2 Å². The van der Waals surface area contributed by atoms with Crippen molar-refractivity contribution in [1.29, 1.82) is 0 Å². The van der Waals surface area contributed by atoms with Crippen LogP contribution < -0.4 is 5.73 Å². The molecule has 5 nitrogen and oxygen atoms in total. The largest absolute Gasteiger partial charge is 0.337 e. The second-order valence-corrected chi connectivity index (χ2v) is 6.25. The molecule has 1 saturated heterocycles. The fourth-order valence-electron chi connectivity index (χ4n) is 2.60. The van der Waals surface area contributed by atoms with Crippen molar-refractivity contribution in [2.24, 2.45) is 5.73 Å². The molecule has 0 bridgehead atoms. The number of halogens is 1. The van der Waals surface area contributed by atoms with Crippen LogP contribution in [0.1, 0.15) is 22.5 Å². The molecule has 0 saturated carbocycles. The van der Waals surface area contributed by atoms with Gasteiger partial charge in [-0.05, 0) is 37.6 Å². The van der Waals surface area contributed by atoms with E-state index in [0.717, 1.165) is 28.8 Å². The number of nitrogens with zero attached hydrogens (tertiary/aromatic N) is 3. The molecule has 2 heterocycles. The zero-order chi connectivity index (χ0) is 15.0. The summed E-state index contributed by atoms with van der Waals surface area (Å²) in [6, 6.07) is 7.93. The van der Waals surface area contributed by atoms with Gasteiger partial charge in [0.25, 0.3) is 5.91 Å². The highest BCUT2D eigenvalue weighted by Crippen LogP contribution is 2.19. The highest BCUT2D eigenvalue weighted by molar-refractivity contribution is 9.10. The molecular formula is C15H17BrN4O. The minimum atomic E-state index is 0.0174. The summed E-state index contributed by atoms with van der Waals surface area (Å²) in [6.07, 6.45) is 2.51. The Morgan fingerprint density at radius 3 is 2.71 bits per heavy atom. The van der Waals surface area contributed by atoms with E-state index >= 15 is 0 Å². The van der Waals surface area contributed by atoms with Crippen molar-refractivity contribution in [2.45, 2.75) is 19.4 Å². The molecule has 1 amide bonds. The van der Waals surface area contributed by atoms with E-state index in [2.05, 4.69) is 21.0 Å². The third-order valence-electron chi connectivity index (χ3n) is 3.82. The Kier molecular flexibility index (Phi) is 3.82. The van der Waals surface area contributed by atoms with Gasteiger partial charge in [0.05, 0.1) is 23.1 Å². The van der Waals surface area contributed by atoms with Crippen LogP contribution in [0.5, 0.6) is 0 Å². The van der Waals surface area contributed by atoms with E-state index in [1.807, 2.05) is 31.2 Å². The zero-order valence-electron chi connectivity index (χ0n) is 11.8. The fraction of sp³-hybridized carbons (Fsp3) is 0.333. The van der Waals surface area contributed by atoms with Crippen LogP contribution in [0, 0.1) is 6.92 Å². The quantitative estimate of drug-likeness (QED) is 0.903. The van der Waals surface area contributed by atoms with Crippen molar-refractivity contribution in [1.82, 2.24) is 14.7 Å². The van der Waals surface area contributed by atoms with Gasteiger partial charge in [0.2, 0.25) is 0 Å². The van der Waals surface area contributed by atoms with Gasteiger partial charge in [-0.2, -0.15) is 5.10 Å². The van der Waals surface area contributed by atoms with Gasteiger partial charge in [0, 0.05) is 23.6 Å². The first kappa shape index (κ1) is 14.3. The predicted molar refractivity (Wildman–Crippen MR) is 84.5 cm³/mol. The molecule has 0 spiro atoms. The van der Waals surface area contributed by atoms with Crippen LogP contribution in [0.4, 0.5) is 0 Å². The smallest absolute Gasteiger partial charge is 0.257 e. The second-order valence-electron chi connectivity index (χ2n) is 5.33. The lowest BCUT2D eigenvalue weighted by Gasteiger charge is -2.15. The van der Waals surface area contributed by atoms with E-state index in [9.17, 15) is 4.79 Å². The van der Waals surface area contributed by atoms with Crippen LogP contribution >= 0.6 is 15.9 Å². The average Bonchev–Trinajstić information content (AvgIpc) is 3.06. The number of carbonyl (C=O) groups excluding carboxylic acids is 1. The van der Waals surface area contributed by atoms with Gasteiger partial charge in [-0.15, -0.1) is 0 Å². The first-order valence-electron chi connectivity index (χ1n) is 6.91. The molecule has 0 unspecified atom stereocenters. The molecule has 1 aliphatic heterocycles. The normalized spacial score (nSPS) is 18.2. The van der Waals surface area contributed by atoms with E-state index in [0.29, 0.717) is 12.1 Å². The fourth-order valence-corrected chi connectivity index (χ4v) is 2.87. The molecule has 1 aromatic carbocycles. The Morgan fingerprint density at radius 1 is 1.38 bits per heavy atom. The molecule has 110 valence electrons. The monoisotopic (exact) mass is 348 g/mol. The molecular weight excluding hydrogens is 332 g/mol. The molecule has 21 heavy (non-hydrogen) atoms. The number of hydrogen-bond acceptors (Lipinski definition) is 3. The summed E-state index contributed by atoms with van der Waals surface area (Å²) >= 11 is 3.41. The van der Waals surface area contributed by atoms with Gasteiger partial charge in [0.15, 0.2) is 0 Å². The van der Waals surface area contributed by atoms with Crippen LogP contribution in [0.3, 0.4) is 0 Å². The van der Waals surface area contributed by atoms with Crippen LogP contribution in [0.15, 0.2) is 34.9 Å². The van der Waals surface area contributed by atoms with E-state index in [1.54, 1.807) is 15.8 Å². The number of benzene rings is 1. The number of aromatic nitrogens is 2. The third kappa shape index (κ3) is 2.73. The van der Waals surface area contributed by atoms with Gasteiger partial charge in [0.1, 0.15) is 0 Å². The number of hydrogen-bond donors (Lipinski definition) is 1. The highest BCUT2D eigenvalue weighted by Gasteiger charge is 2.27. The van der Waals surface area contributed by atoms with E-state index < -0.39 is 0 Å². The van der Waals surface area contributed by atoms with Gasteiger partial charge >= 0.3 is 0 Å². The third-order valence-corrected chi connectivity index (χ3v) is 4.35. The van der Waals surface area contributed by atoms with Crippen molar-refractivity contribution < 1.29 is 4.79 Å². The topological polar surface area (TPSA) is 64.2 Å². The van der Waals surface area contributed by atoms with Gasteiger partial charge in [-0.1, -0.05) is 15.9 Å². The van der Waals surface area contributed by atoms with E-state index in [1.165, 1.54) is 0 Å². The van der Waals surface area contributed by atoms with Crippen LogP contribution in [0.2, 0.25) is 0 Å². The molecule has 1 aliphatic rings. The molecule has 1 fully saturated rings. The molecule has 6 heteroatoms. The summed E-state index contributed by atoms with van der Waals surface area (Å²) in [4.78, 5) is 14.3. The molecule has 2 N–H and O–H groups in total. The first-order chi connectivity index (χ1) is 10.1. The maximum absolute atomic E-state index is 12.5. The Labute approximate surface area is 131 Å². The SMILES string of the molecule is Cc1c(C(=O)N2CC[C@H](N)C2)cnn1-c1ccc(Br)cc1. The van der Waals surface area contributed by atoms with Gasteiger partial charge in [-0.25, -0.2) is 4.68 Å². The lowest BCUT2D eigenvalue weighted by molar-refractivity contribution is 0.0790. The minimum absolute atomic E-state index is 0.0174. The Hall–Kier alpha value is -1.66.